The lowest BCUT2D eigenvalue weighted by atomic mass is 10.1. The molecule has 0 atom stereocenters. The van der Waals surface area contributed by atoms with Crippen molar-refractivity contribution < 1.29 is 9.53 Å². The predicted molar refractivity (Wildman–Crippen MR) is 90.2 cm³/mol. The van der Waals surface area contributed by atoms with Gasteiger partial charge in [0.15, 0.2) is 5.96 Å². The summed E-state index contributed by atoms with van der Waals surface area (Å²) in [5.74, 6) is 0.820. The van der Waals surface area contributed by atoms with E-state index in [1.165, 1.54) is 0 Å². The second-order valence-electron chi connectivity index (χ2n) is 6.32. The number of ether oxygens (including phenoxy) is 1. The number of nitrogens with zero attached hydrogens (tertiary/aromatic N) is 1. The van der Waals surface area contributed by atoms with E-state index in [1.54, 1.807) is 0 Å². The van der Waals surface area contributed by atoms with Crippen LogP contribution in [0.5, 0.6) is 5.75 Å². The van der Waals surface area contributed by atoms with Gasteiger partial charge in [0.2, 0.25) is 5.91 Å². The number of nitrogens with two attached hydrogens (primary N) is 1. The molecule has 1 rings (SSSR count). The third kappa shape index (κ3) is 7.52. The van der Waals surface area contributed by atoms with Gasteiger partial charge in [-0.3, -0.25) is 4.79 Å². The Labute approximate surface area is 132 Å². The van der Waals surface area contributed by atoms with E-state index >= 15 is 0 Å². The van der Waals surface area contributed by atoms with Crippen molar-refractivity contribution in [3.8, 4) is 5.75 Å². The number of anilines is 1. The fourth-order valence-corrected chi connectivity index (χ4v) is 1.69. The Kier molecular flexibility index (Phi) is 6.22. The molecule has 0 unspecified atom stereocenters. The zero-order chi connectivity index (χ0) is 16.8. The summed E-state index contributed by atoms with van der Waals surface area (Å²) < 4.78 is 5.56. The van der Waals surface area contributed by atoms with Crippen molar-refractivity contribution >= 4 is 17.6 Å². The molecule has 0 aliphatic carbocycles. The number of carbonyl (C=O) groups is 1. The van der Waals surface area contributed by atoms with Gasteiger partial charge in [-0.25, -0.2) is 4.99 Å². The molecule has 6 nitrogen and oxygen atoms in total. The molecule has 0 aliphatic rings. The van der Waals surface area contributed by atoms with Crippen molar-refractivity contribution in [1.29, 1.82) is 0 Å². The van der Waals surface area contributed by atoms with Gasteiger partial charge in [0.1, 0.15) is 12.3 Å². The van der Waals surface area contributed by atoms with E-state index in [4.69, 9.17) is 10.5 Å². The van der Waals surface area contributed by atoms with Crippen LogP contribution in [-0.2, 0) is 4.79 Å². The minimum atomic E-state index is -0.277. The molecule has 122 valence electrons. The van der Waals surface area contributed by atoms with Crippen LogP contribution in [0.2, 0.25) is 0 Å². The molecule has 6 heteroatoms. The van der Waals surface area contributed by atoms with E-state index in [0.717, 1.165) is 11.4 Å². The predicted octanol–water partition coefficient (Wildman–Crippen LogP) is 2.12. The van der Waals surface area contributed by atoms with Gasteiger partial charge in [-0.2, -0.15) is 0 Å². The van der Waals surface area contributed by atoms with Crippen molar-refractivity contribution in [1.82, 2.24) is 5.32 Å². The Morgan fingerprint density at radius 1 is 1.27 bits per heavy atom. The first-order valence-electron chi connectivity index (χ1n) is 7.30. The monoisotopic (exact) mass is 306 g/mol. The molecule has 0 aliphatic heterocycles. The van der Waals surface area contributed by atoms with E-state index < -0.39 is 0 Å². The van der Waals surface area contributed by atoms with Crippen molar-refractivity contribution in [2.75, 3.05) is 11.9 Å². The van der Waals surface area contributed by atoms with Crippen molar-refractivity contribution in [3.63, 3.8) is 0 Å². The van der Waals surface area contributed by atoms with Crippen LogP contribution < -0.4 is 21.1 Å². The first-order chi connectivity index (χ1) is 10.2. The number of hydrogen-bond donors (Lipinski definition) is 3. The number of amides is 1. The summed E-state index contributed by atoms with van der Waals surface area (Å²) in [6, 6.07) is 7.38. The van der Waals surface area contributed by atoms with Crippen LogP contribution >= 0.6 is 0 Å². The first-order valence-corrected chi connectivity index (χ1v) is 7.30. The number of nitrogens with one attached hydrogen (secondary N) is 2. The number of hydrogen-bond acceptors (Lipinski definition) is 3. The summed E-state index contributed by atoms with van der Waals surface area (Å²) in [4.78, 5) is 15.7. The van der Waals surface area contributed by atoms with Crippen LogP contribution in [0.4, 0.5) is 5.69 Å². The molecule has 0 fully saturated rings. The van der Waals surface area contributed by atoms with E-state index in [0.29, 0.717) is 0 Å². The molecule has 0 heterocycles. The zero-order valence-corrected chi connectivity index (χ0v) is 13.9. The third-order valence-electron chi connectivity index (χ3n) is 2.41. The summed E-state index contributed by atoms with van der Waals surface area (Å²) in [6.07, 6.45) is 0.131. The molecule has 0 radical (unpaired) electrons. The molecule has 0 saturated heterocycles. The highest BCUT2D eigenvalue weighted by molar-refractivity contribution is 5.93. The molecule has 1 amide bonds. The number of carbonyl (C=O) groups excluding carboxylic acids is 1. The number of benzene rings is 1. The van der Waals surface area contributed by atoms with E-state index in [9.17, 15) is 4.79 Å². The first kappa shape index (κ1) is 17.8. The van der Waals surface area contributed by atoms with Crippen molar-refractivity contribution in [2.24, 2.45) is 10.7 Å². The van der Waals surface area contributed by atoms with Crippen LogP contribution in [0.3, 0.4) is 0 Å². The quantitative estimate of drug-likeness (QED) is 0.574. The maximum atomic E-state index is 11.6. The summed E-state index contributed by atoms with van der Waals surface area (Å²) in [5.41, 5.74) is 6.27. The average Bonchev–Trinajstić information content (AvgIpc) is 2.36. The zero-order valence-electron chi connectivity index (χ0n) is 13.9. The lowest BCUT2D eigenvalue weighted by Gasteiger charge is -2.19. The molecule has 0 spiro atoms. The lowest BCUT2D eigenvalue weighted by molar-refractivity contribution is -0.121. The highest BCUT2D eigenvalue weighted by atomic mass is 16.5. The number of aliphatic imine (C=N–C) groups is 1. The SMILES string of the molecule is CC(C)Oc1ccc(NC(N)=NCC(=O)NC(C)(C)C)cc1. The van der Waals surface area contributed by atoms with Gasteiger partial charge >= 0.3 is 0 Å². The van der Waals surface area contributed by atoms with E-state index in [2.05, 4.69) is 15.6 Å². The van der Waals surface area contributed by atoms with Gasteiger partial charge in [0, 0.05) is 11.2 Å². The van der Waals surface area contributed by atoms with Gasteiger partial charge in [0.25, 0.3) is 0 Å². The normalized spacial score (nSPS) is 12.2. The van der Waals surface area contributed by atoms with Gasteiger partial charge in [-0.15, -0.1) is 0 Å². The van der Waals surface area contributed by atoms with Gasteiger partial charge in [0.05, 0.1) is 6.10 Å². The molecule has 1 aromatic rings. The summed E-state index contributed by atoms with van der Waals surface area (Å²) >= 11 is 0. The minimum absolute atomic E-state index is 0.00928. The Morgan fingerprint density at radius 3 is 2.36 bits per heavy atom. The van der Waals surface area contributed by atoms with E-state index in [1.807, 2.05) is 58.9 Å². The average molecular weight is 306 g/mol. The highest BCUT2D eigenvalue weighted by Crippen LogP contribution is 2.16. The smallest absolute Gasteiger partial charge is 0.242 e. The lowest BCUT2D eigenvalue weighted by Crippen LogP contribution is -2.42. The Bertz CT molecular complexity index is 516. The second-order valence-corrected chi connectivity index (χ2v) is 6.32. The highest BCUT2D eigenvalue weighted by Gasteiger charge is 2.12. The van der Waals surface area contributed by atoms with Gasteiger partial charge in [-0.05, 0) is 58.9 Å². The van der Waals surface area contributed by atoms with Crippen LogP contribution in [0.1, 0.15) is 34.6 Å². The fraction of sp³-hybridized carbons (Fsp3) is 0.500. The molecule has 0 aromatic heterocycles. The van der Waals surface area contributed by atoms with Gasteiger partial charge < -0.3 is 21.1 Å². The standard InChI is InChI=1S/C16H26N4O2/c1-11(2)22-13-8-6-12(7-9-13)19-15(17)18-10-14(21)20-16(3,4)5/h6-9,11H,10H2,1-5H3,(H,20,21)(H3,17,18,19). The maximum absolute atomic E-state index is 11.6. The Morgan fingerprint density at radius 2 is 1.86 bits per heavy atom. The molecule has 4 N–H and O–H groups in total. The summed E-state index contributed by atoms with van der Waals surface area (Å²) in [6.45, 7) is 9.68. The van der Waals surface area contributed by atoms with E-state index in [-0.39, 0.29) is 30.1 Å². The molecule has 0 saturated carbocycles. The van der Waals surface area contributed by atoms with Crippen LogP contribution in [0, 0.1) is 0 Å². The summed E-state index contributed by atoms with van der Waals surface area (Å²) in [5, 5.41) is 5.75. The molecule has 22 heavy (non-hydrogen) atoms. The topological polar surface area (TPSA) is 88.7 Å². The maximum Gasteiger partial charge on any atom is 0.242 e. The van der Waals surface area contributed by atoms with Crippen molar-refractivity contribution in [2.45, 2.75) is 46.3 Å². The second kappa shape index (κ2) is 7.68. The molecular weight excluding hydrogens is 280 g/mol. The fourth-order valence-electron chi connectivity index (χ4n) is 1.69. The molecule has 0 bridgehead atoms. The number of rotatable bonds is 5. The molecule has 1 aromatic carbocycles. The largest absolute Gasteiger partial charge is 0.491 e. The van der Waals surface area contributed by atoms with Crippen molar-refractivity contribution in [3.05, 3.63) is 24.3 Å². The Balaban J connectivity index is 2.52. The van der Waals surface area contributed by atoms with Crippen LogP contribution in [-0.4, -0.2) is 30.1 Å². The molecular formula is C16H26N4O2. The van der Waals surface area contributed by atoms with Crippen LogP contribution in [0.15, 0.2) is 29.3 Å². The third-order valence-corrected chi connectivity index (χ3v) is 2.41. The van der Waals surface area contributed by atoms with Crippen LogP contribution in [0.25, 0.3) is 0 Å². The Hall–Kier alpha value is -2.24. The van der Waals surface area contributed by atoms with Gasteiger partial charge in [-0.1, -0.05) is 0 Å². The minimum Gasteiger partial charge on any atom is -0.491 e. The summed E-state index contributed by atoms with van der Waals surface area (Å²) in [7, 11) is 0. The number of guanidine groups is 1.